The summed E-state index contributed by atoms with van der Waals surface area (Å²) in [5.41, 5.74) is 1.86. The van der Waals surface area contributed by atoms with Crippen LogP contribution in [0.25, 0.3) is 11.0 Å². The first-order valence-corrected chi connectivity index (χ1v) is 12.7. The summed E-state index contributed by atoms with van der Waals surface area (Å²) in [5.74, 6) is -0.448. The molecule has 184 valence electrons. The maximum atomic E-state index is 13.2. The van der Waals surface area contributed by atoms with Crippen molar-refractivity contribution in [1.82, 2.24) is 8.96 Å². The number of nitrogens with one attached hydrogen (secondary N) is 1. The molecule has 1 aliphatic heterocycles. The van der Waals surface area contributed by atoms with Gasteiger partial charge in [0.15, 0.2) is 5.65 Å². The molecule has 0 radical (unpaired) electrons. The zero-order valence-corrected chi connectivity index (χ0v) is 20.7. The quantitative estimate of drug-likeness (QED) is 0.401. The molecule has 5 rings (SSSR count). The van der Waals surface area contributed by atoms with Crippen molar-refractivity contribution >= 4 is 44.4 Å². The molecule has 0 fully saturated rings. The molecule has 0 saturated carbocycles. The lowest BCUT2D eigenvalue weighted by molar-refractivity contribution is 0.00695. The molecule has 0 atom stereocenters. The van der Waals surface area contributed by atoms with E-state index in [1.807, 2.05) is 0 Å². The number of amides is 2. The van der Waals surface area contributed by atoms with Crippen molar-refractivity contribution in [2.45, 2.75) is 37.8 Å². The van der Waals surface area contributed by atoms with Crippen molar-refractivity contribution in [1.29, 1.82) is 0 Å². The van der Waals surface area contributed by atoms with E-state index in [-0.39, 0.29) is 23.1 Å². The van der Waals surface area contributed by atoms with Crippen LogP contribution < -0.4 is 10.2 Å². The van der Waals surface area contributed by atoms with Crippen LogP contribution in [0.2, 0.25) is 0 Å². The Balaban J connectivity index is 1.48. The predicted octanol–water partition coefficient (Wildman–Crippen LogP) is 4.78. The molecule has 2 aromatic heterocycles. The van der Waals surface area contributed by atoms with Gasteiger partial charge in [-0.15, -0.1) is 0 Å². The lowest BCUT2D eigenvalue weighted by atomic mass is 10.1. The summed E-state index contributed by atoms with van der Waals surface area (Å²) >= 11 is 0. The zero-order chi connectivity index (χ0) is 25.7. The fourth-order valence-corrected chi connectivity index (χ4v) is 5.35. The summed E-state index contributed by atoms with van der Waals surface area (Å²) in [6, 6.07) is 16.0. The zero-order valence-electron chi connectivity index (χ0n) is 19.9. The minimum absolute atomic E-state index is 0.155. The van der Waals surface area contributed by atoms with Crippen LogP contribution in [0.1, 0.15) is 36.7 Å². The Morgan fingerprint density at radius 2 is 1.72 bits per heavy atom. The molecule has 2 aromatic carbocycles. The Bertz CT molecular complexity index is 1590. The number of hydrogen-bond donors (Lipinski definition) is 1. The van der Waals surface area contributed by atoms with Crippen molar-refractivity contribution < 1.29 is 22.7 Å². The molecule has 0 bridgehead atoms. The van der Waals surface area contributed by atoms with Crippen LogP contribution in [0.15, 0.2) is 78.0 Å². The monoisotopic (exact) mass is 504 g/mol. The molecule has 2 amide bonds. The summed E-state index contributed by atoms with van der Waals surface area (Å²) in [7, 11) is -3.84. The highest BCUT2D eigenvalue weighted by molar-refractivity contribution is 7.90. The Morgan fingerprint density at radius 3 is 2.39 bits per heavy atom. The Labute approximate surface area is 208 Å². The average molecular weight is 505 g/mol. The second-order valence-corrected chi connectivity index (χ2v) is 11.2. The van der Waals surface area contributed by atoms with Crippen LogP contribution in [0, 0.1) is 0 Å². The van der Waals surface area contributed by atoms with Crippen molar-refractivity contribution in [2.75, 3.05) is 10.2 Å². The first-order valence-electron chi connectivity index (χ1n) is 11.3. The Kier molecular flexibility index (Phi) is 5.55. The number of aromatic nitrogens is 2. The molecule has 0 unspecified atom stereocenters. The van der Waals surface area contributed by atoms with Gasteiger partial charge in [-0.3, -0.25) is 4.90 Å². The smallest absolute Gasteiger partial charge is 0.338 e. The normalized spacial score (nSPS) is 13.9. The summed E-state index contributed by atoms with van der Waals surface area (Å²) < 4.78 is 32.9. The van der Waals surface area contributed by atoms with Crippen LogP contribution in [0.5, 0.6) is 0 Å². The van der Waals surface area contributed by atoms with Crippen LogP contribution in [-0.4, -0.2) is 35.0 Å². The number of carbonyl (C=O) groups is 2. The molecular formula is C26H24N4O5S. The van der Waals surface area contributed by atoms with E-state index < -0.39 is 21.6 Å². The minimum atomic E-state index is -3.84. The first kappa shape index (κ1) is 23.6. The summed E-state index contributed by atoms with van der Waals surface area (Å²) in [6.45, 7) is 5.58. The first-order chi connectivity index (χ1) is 17.0. The number of carbonyl (C=O) groups excluding carboxylic acids is 2. The fourth-order valence-electron chi connectivity index (χ4n) is 4.03. The number of pyridine rings is 1. The summed E-state index contributed by atoms with van der Waals surface area (Å²) in [5, 5.41) is 3.44. The molecule has 4 aromatic rings. The lowest BCUT2D eigenvalue weighted by Crippen LogP contribution is -2.38. The number of nitrogens with zero attached hydrogens (tertiary/aromatic N) is 3. The maximum Gasteiger partial charge on any atom is 0.338 e. The molecule has 9 nitrogen and oxygen atoms in total. The predicted molar refractivity (Wildman–Crippen MR) is 136 cm³/mol. The van der Waals surface area contributed by atoms with E-state index in [9.17, 15) is 18.0 Å². The average Bonchev–Trinajstić information content (AvgIpc) is 3.29. The van der Waals surface area contributed by atoms with Gasteiger partial charge in [0, 0.05) is 22.8 Å². The van der Waals surface area contributed by atoms with E-state index in [1.54, 1.807) is 69.3 Å². The molecule has 1 N–H and O–H groups in total. The van der Waals surface area contributed by atoms with Crippen LogP contribution in [-0.2, 0) is 21.3 Å². The summed E-state index contributed by atoms with van der Waals surface area (Å²) in [4.78, 5) is 31.2. The number of rotatable bonds is 4. The van der Waals surface area contributed by atoms with Gasteiger partial charge in [-0.1, -0.05) is 18.2 Å². The van der Waals surface area contributed by atoms with Gasteiger partial charge in [0.25, 0.3) is 10.0 Å². The molecule has 36 heavy (non-hydrogen) atoms. The Hall–Kier alpha value is -4.18. The topological polar surface area (TPSA) is 111 Å². The van der Waals surface area contributed by atoms with Crippen molar-refractivity contribution in [3.8, 4) is 0 Å². The highest BCUT2D eigenvalue weighted by Gasteiger charge is 2.29. The van der Waals surface area contributed by atoms with Gasteiger partial charge >= 0.3 is 12.0 Å². The van der Waals surface area contributed by atoms with Gasteiger partial charge < -0.3 is 10.1 Å². The van der Waals surface area contributed by atoms with Gasteiger partial charge in [-0.05, 0) is 63.2 Å². The minimum Gasteiger partial charge on any atom is -0.456 e. The summed E-state index contributed by atoms with van der Waals surface area (Å²) in [6.07, 6.45) is 2.94. The van der Waals surface area contributed by atoms with Crippen molar-refractivity contribution in [3.05, 3.63) is 84.2 Å². The largest absolute Gasteiger partial charge is 0.456 e. The lowest BCUT2D eigenvalue weighted by Gasteiger charge is -2.29. The SMILES string of the molecule is CC(C)(C)OC(=O)c1ccc(N2Cc3c(cnc4c3ccn4S(=O)(=O)c3ccccc3)NC2=O)cc1. The van der Waals surface area contributed by atoms with Gasteiger partial charge in [0.1, 0.15) is 5.60 Å². The molecule has 0 aliphatic carbocycles. The maximum absolute atomic E-state index is 13.2. The molecule has 3 heterocycles. The molecule has 0 saturated heterocycles. The number of hydrogen-bond acceptors (Lipinski definition) is 6. The van der Waals surface area contributed by atoms with Gasteiger partial charge in [0.2, 0.25) is 0 Å². The van der Waals surface area contributed by atoms with Crippen LogP contribution >= 0.6 is 0 Å². The third-order valence-corrected chi connectivity index (χ3v) is 7.39. The second-order valence-electron chi connectivity index (χ2n) is 9.38. The molecule has 10 heteroatoms. The van der Waals surface area contributed by atoms with Crippen molar-refractivity contribution in [3.63, 3.8) is 0 Å². The molecular weight excluding hydrogens is 480 g/mol. The number of ether oxygens (including phenoxy) is 1. The van der Waals surface area contributed by atoms with Gasteiger partial charge in [-0.2, -0.15) is 0 Å². The third-order valence-electron chi connectivity index (χ3n) is 5.71. The van der Waals surface area contributed by atoms with E-state index in [0.29, 0.717) is 22.3 Å². The Morgan fingerprint density at radius 1 is 1.03 bits per heavy atom. The molecule has 1 aliphatic rings. The van der Waals surface area contributed by atoms with Crippen LogP contribution in [0.4, 0.5) is 16.2 Å². The highest BCUT2D eigenvalue weighted by Crippen LogP contribution is 2.33. The fraction of sp³-hybridized carbons (Fsp3) is 0.192. The van der Waals surface area contributed by atoms with Gasteiger partial charge in [0.05, 0.1) is 28.9 Å². The number of fused-ring (bicyclic) bond motifs is 3. The number of esters is 1. The highest BCUT2D eigenvalue weighted by atomic mass is 32.2. The van der Waals surface area contributed by atoms with E-state index in [0.717, 1.165) is 9.54 Å². The number of anilines is 2. The second kappa shape index (κ2) is 8.49. The molecule has 0 spiro atoms. The van der Waals surface area contributed by atoms with E-state index in [4.69, 9.17) is 4.74 Å². The third kappa shape index (κ3) is 4.20. The number of urea groups is 1. The number of benzene rings is 2. The van der Waals surface area contributed by atoms with E-state index in [2.05, 4.69) is 10.3 Å². The van der Waals surface area contributed by atoms with Gasteiger partial charge in [-0.25, -0.2) is 27.0 Å². The van der Waals surface area contributed by atoms with E-state index >= 15 is 0 Å². The standard InChI is InChI=1S/C26H24N4O5S/c1-26(2,3)35-24(31)17-9-11-18(12-10-17)29-16-21-20-13-14-30(23(20)27-15-22(21)28-25(29)32)36(33,34)19-7-5-4-6-8-19/h4-15H,16H2,1-3H3,(H,28,32). The van der Waals surface area contributed by atoms with Crippen molar-refractivity contribution in [2.24, 2.45) is 0 Å². The van der Waals surface area contributed by atoms with E-state index in [1.165, 1.54) is 29.4 Å². The van der Waals surface area contributed by atoms with Crippen LogP contribution in [0.3, 0.4) is 0 Å².